The van der Waals surface area contributed by atoms with E-state index >= 15 is 0 Å². The van der Waals surface area contributed by atoms with Crippen LogP contribution < -0.4 is 0 Å². The Hall–Kier alpha value is -1.07. The molecular formula is C13H16F3NO. The highest BCUT2D eigenvalue weighted by Crippen LogP contribution is 2.37. The first-order valence-electron chi connectivity index (χ1n) is 5.94. The summed E-state index contributed by atoms with van der Waals surface area (Å²) in [6.07, 6.45) is -4.22. The van der Waals surface area contributed by atoms with E-state index in [0.29, 0.717) is 13.1 Å². The van der Waals surface area contributed by atoms with Gasteiger partial charge in [0.2, 0.25) is 0 Å². The second-order valence-corrected chi connectivity index (χ2v) is 4.77. The van der Waals surface area contributed by atoms with Crippen LogP contribution in [0.3, 0.4) is 0 Å². The number of alkyl halides is 3. The van der Waals surface area contributed by atoms with Crippen molar-refractivity contribution in [3.63, 3.8) is 0 Å². The summed E-state index contributed by atoms with van der Waals surface area (Å²) in [5, 5.41) is 9.06. The van der Waals surface area contributed by atoms with Crippen LogP contribution in [0.2, 0.25) is 0 Å². The van der Waals surface area contributed by atoms with Crippen LogP contribution in [-0.4, -0.2) is 35.9 Å². The molecule has 1 aromatic rings. The predicted molar refractivity (Wildman–Crippen MR) is 61.8 cm³/mol. The number of halogens is 3. The maximum Gasteiger partial charge on any atom is 0.393 e. The van der Waals surface area contributed by atoms with Crippen LogP contribution in [0.25, 0.3) is 0 Å². The van der Waals surface area contributed by atoms with E-state index in [-0.39, 0.29) is 6.54 Å². The quantitative estimate of drug-likeness (QED) is 0.900. The molecule has 0 amide bonds. The third-order valence-electron chi connectivity index (χ3n) is 3.42. The number of aliphatic hydroxyl groups is 1. The molecule has 0 saturated carbocycles. The van der Waals surface area contributed by atoms with Gasteiger partial charge in [0.1, 0.15) is 0 Å². The Balaban J connectivity index is 2.01. The van der Waals surface area contributed by atoms with Crippen LogP contribution in [0, 0.1) is 11.8 Å². The lowest BCUT2D eigenvalue weighted by Gasteiger charge is -2.19. The average Bonchev–Trinajstić information content (AvgIpc) is 2.73. The fraction of sp³-hybridized carbons (Fsp3) is 0.538. The Morgan fingerprint density at radius 2 is 1.83 bits per heavy atom. The molecule has 5 heteroatoms. The van der Waals surface area contributed by atoms with Crippen molar-refractivity contribution < 1.29 is 18.3 Å². The Kier molecular flexibility index (Phi) is 3.92. The van der Waals surface area contributed by atoms with Crippen LogP contribution in [0.4, 0.5) is 13.2 Å². The molecule has 0 spiro atoms. The maximum absolute atomic E-state index is 12.8. The molecule has 0 unspecified atom stereocenters. The largest absolute Gasteiger partial charge is 0.396 e. The van der Waals surface area contributed by atoms with Gasteiger partial charge in [0.05, 0.1) is 5.92 Å². The zero-order valence-electron chi connectivity index (χ0n) is 9.90. The van der Waals surface area contributed by atoms with Gasteiger partial charge in [-0.05, 0) is 5.56 Å². The summed E-state index contributed by atoms with van der Waals surface area (Å²) in [6.45, 7) is 0.374. The summed E-state index contributed by atoms with van der Waals surface area (Å²) in [5.74, 6) is -2.11. The number of likely N-dealkylation sites (tertiary alicyclic amines) is 1. The summed E-state index contributed by atoms with van der Waals surface area (Å²) in [5.41, 5.74) is 0.997. The van der Waals surface area contributed by atoms with Crippen LogP contribution in [0.1, 0.15) is 5.56 Å². The average molecular weight is 259 g/mol. The molecule has 1 aliphatic rings. The molecule has 2 atom stereocenters. The number of aliphatic hydroxyl groups excluding tert-OH is 1. The number of nitrogens with zero attached hydrogens (tertiary/aromatic N) is 1. The van der Waals surface area contributed by atoms with Gasteiger partial charge in [0.15, 0.2) is 0 Å². The summed E-state index contributed by atoms with van der Waals surface area (Å²) >= 11 is 0. The van der Waals surface area contributed by atoms with Gasteiger partial charge in [-0.2, -0.15) is 13.2 Å². The zero-order chi connectivity index (χ0) is 13.2. The van der Waals surface area contributed by atoms with Gasteiger partial charge in [-0.3, -0.25) is 4.90 Å². The fourth-order valence-corrected chi connectivity index (χ4v) is 2.49. The van der Waals surface area contributed by atoms with Crippen molar-refractivity contribution >= 4 is 0 Å². The highest BCUT2D eigenvalue weighted by atomic mass is 19.4. The van der Waals surface area contributed by atoms with E-state index in [9.17, 15) is 13.2 Å². The molecule has 100 valence electrons. The molecule has 0 aromatic heterocycles. The van der Waals surface area contributed by atoms with Crippen LogP contribution in [0.5, 0.6) is 0 Å². The lowest BCUT2D eigenvalue weighted by Crippen LogP contribution is -2.31. The van der Waals surface area contributed by atoms with Crippen molar-refractivity contribution in [2.45, 2.75) is 12.7 Å². The zero-order valence-corrected chi connectivity index (χ0v) is 9.90. The van der Waals surface area contributed by atoms with Gasteiger partial charge in [0, 0.05) is 32.2 Å². The standard InChI is InChI=1S/C13H16F3NO/c14-13(15,16)12-8-17(7-11(12)9-18)6-10-4-2-1-3-5-10/h1-5,11-12,18H,6-9H2/t11-,12-/m0/s1. The first-order chi connectivity index (χ1) is 8.50. The Bertz CT molecular complexity index is 380. The van der Waals surface area contributed by atoms with E-state index in [2.05, 4.69) is 0 Å². The Morgan fingerprint density at radius 3 is 2.33 bits per heavy atom. The lowest BCUT2D eigenvalue weighted by molar-refractivity contribution is -0.183. The van der Waals surface area contributed by atoms with Crippen molar-refractivity contribution in [3.05, 3.63) is 35.9 Å². The van der Waals surface area contributed by atoms with E-state index in [1.807, 2.05) is 30.3 Å². The molecule has 1 N–H and O–H groups in total. The SMILES string of the molecule is OC[C@@H]1CN(Cc2ccccc2)C[C@@H]1C(F)(F)F. The second kappa shape index (κ2) is 5.28. The van der Waals surface area contributed by atoms with Crippen molar-refractivity contribution in [1.29, 1.82) is 0 Å². The number of hydrogen-bond donors (Lipinski definition) is 1. The maximum atomic E-state index is 12.8. The van der Waals surface area contributed by atoms with E-state index in [1.54, 1.807) is 4.90 Å². The van der Waals surface area contributed by atoms with Crippen LogP contribution in [0.15, 0.2) is 30.3 Å². The monoisotopic (exact) mass is 259 g/mol. The number of hydrogen-bond acceptors (Lipinski definition) is 2. The number of benzene rings is 1. The predicted octanol–water partition coefficient (Wildman–Crippen LogP) is 2.29. The summed E-state index contributed by atoms with van der Waals surface area (Å²) in [4.78, 5) is 1.76. The van der Waals surface area contributed by atoms with Crippen molar-refractivity contribution in [2.75, 3.05) is 19.7 Å². The minimum atomic E-state index is -4.22. The van der Waals surface area contributed by atoms with Crippen molar-refractivity contribution in [1.82, 2.24) is 4.90 Å². The second-order valence-electron chi connectivity index (χ2n) is 4.77. The number of rotatable bonds is 3. The molecule has 1 fully saturated rings. The third-order valence-corrected chi connectivity index (χ3v) is 3.42. The fourth-order valence-electron chi connectivity index (χ4n) is 2.49. The first kappa shape index (κ1) is 13.4. The van der Waals surface area contributed by atoms with Gasteiger partial charge in [-0.1, -0.05) is 30.3 Å². The minimum absolute atomic E-state index is 0.0242. The molecule has 2 rings (SSSR count). The minimum Gasteiger partial charge on any atom is -0.396 e. The molecule has 1 aromatic carbocycles. The topological polar surface area (TPSA) is 23.5 Å². The molecule has 18 heavy (non-hydrogen) atoms. The highest BCUT2D eigenvalue weighted by Gasteiger charge is 2.49. The Morgan fingerprint density at radius 1 is 1.17 bits per heavy atom. The van der Waals surface area contributed by atoms with Gasteiger partial charge in [-0.25, -0.2) is 0 Å². The van der Waals surface area contributed by atoms with E-state index in [1.165, 1.54) is 0 Å². The highest BCUT2D eigenvalue weighted by molar-refractivity contribution is 5.14. The van der Waals surface area contributed by atoms with Gasteiger partial charge in [-0.15, -0.1) is 0 Å². The summed E-state index contributed by atoms with van der Waals surface area (Å²) < 4.78 is 38.3. The molecule has 2 nitrogen and oxygen atoms in total. The summed E-state index contributed by atoms with van der Waals surface area (Å²) in [6, 6.07) is 9.42. The first-order valence-corrected chi connectivity index (χ1v) is 5.94. The molecule has 1 aliphatic heterocycles. The Labute approximate surface area is 104 Å². The van der Waals surface area contributed by atoms with Crippen molar-refractivity contribution in [3.8, 4) is 0 Å². The molecule has 0 bridgehead atoms. The molecule has 1 saturated heterocycles. The smallest absolute Gasteiger partial charge is 0.393 e. The van der Waals surface area contributed by atoms with Crippen molar-refractivity contribution in [2.24, 2.45) is 11.8 Å². The van der Waals surface area contributed by atoms with Gasteiger partial charge in [0.25, 0.3) is 0 Å². The van der Waals surface area contributed by atoms with E-state index in [4.69, 9.17) is 5.11 Å². The third kappa shape index (κ3) is 3.03. The molecular weight excluding hydrogens is 243 g/mol. The lowest BCUT2D eigenvalue weighted by atomic mass is 9.97. The van der Waals surface area contributed by atoms with Crippen LogP contribution >= 0.6 is 0 Å². The molecule has 0 radical (unpaired) electrons. The van der Waals surface area contributed by atoms with Gasteiger partial charge < -0.3 is 5.11 Å². The molecule has 0 aliphatic carbocycles. The van der Waals surface area contributed by atoms with E-state index < -0.39 is 24.6 Å². The van der Waals surface area contributed by atoms with E-state index in [0.717, 1.165) is 5.56 Å². The summed E-state index contributed by atoms with van der Waals surface area (Å²) in [7, 11) is 0. The normalized spacial score (nSPS) is 25.6. The molecule has 1 heterocycles. The van der Waals surface area contributed by atoms with Gasteiger partial charge >= 0.3 is 6.18 Å². The van der Waals surface area contributed by atoms with Crippen LogP contribution in [-0.2, 0) is 6.54 Å².